The van der Waals surface area contributed by atoms with E-state index in [2.05, 4.69) is 45.9 Å². The van der Waals surface area contributed by atoms with Gasteiger partial charge in [0.1, 0.15) is 5.82 Å². The zero-order valence-electron chi connectivity index (χ0n) is 13.0. The second kappa shape index (κ2) is 7.55. The fraction of sp³-hybridized carbons (Fsp3) is 0.733. The molecule has 0 aromatic carbocycles. The van der Waals surface area contributed by atoms with E-state index in [1.165, 1.54) is 6.42 Å². The van der Waals surface area contributed by atoms with Gasteiger partial charge in [0.05, 0.1) is 18.1 Å². The van der Waals surface area contributed by atoms with Crippen LogP contribution >= 0.6 is 0 Å². The Morgan fingerprint density at radius 2 is 2.05 bits per heavy atom. The first kappa shape index (κ1) is 15.2. The van der Waals surface area contributed by atoms with E-state index in [1.807, 2.05) is 12.4 Å². The van der Waals surface area contributed by atoms with E-state index in [0.717, 1.165) is 50.8 Å². The van der Waals surface area contributed by atoms with Crippen molar-refractivity contribution in [1.29, 1.82) is 0 Å². The molecule has 5 heteroatoms. The number of nitrogens with zero attached hydrogens (tertiary/aromatic N) is 4. The summed E-state index contributed by atoms with van der Waals surface area (Å²) in [6, 6.07) is 0.660. The highest BCUT2D eigenvalue weighted by atomic mass is 15.3. The van der Waals surface area contributed by atoms with Crippen LogP contribution in [-0.2, 0) is 6.54 Å². The van der Waals surface area contributed by atoms with Crippen LogP contribution in [-0.4, -0.2) is 53.6 Å². The summed E-state index contributed by atoms with van der Waals surface area (Å²) in [4.78, 5) is 13.9. The van der Waals surface area contributed by atoms with E-state index in [9.17, 15) is 0 Å². The highest BCUT2D eigenvalue weighted by Crippen LogP contribution is 2.20. The number of nitrogens with one attached hydrogen (secondary N) is 1. The van der Waals surface area contributed by atoms with Crippen molar-refractivity contribution in [1.82, 2.24) is 20.2 Å². The average Bonchev–Trinajstić information content (AvgIpc) is 2.97. The molecule has 0 aliphatic carbocycles. The maximum Gasteiger partial charge on any atom is 0.147 e. The van der Waals surface area contributed by atoms with Crippen molar-refractivity contribution in [3.8, 4) is 0 Å². The van der Waals surface area contributed by atoms with Crippen molar-refractivity contribution in [2.24, 2.45) is 0 Å². The van der Waals surface area contributed by atoms with Crippen molar-refractivity contribution in [2.75, 3.05) is 37.6 Å². The normalized spacial score (nSPS) is 19.0. The Kier molecular flexibility index (Phi) is 5.73. The first-order chi connectivity index (χ1) is 9.78. The van der Waals surface area contributed by atoms with Crippen LogP contribution in [0.25, 0.3) is 0 Å². The highest BCUT2D eigenvalue weighted by Gasteiger charge is 2.26. The van der Waals surface area contributed by atoms with Gasteiger partial charge in [-0.2, -0.15) is 0 Å². The lowest BCUT2D eigenvalue weighted by molar-refractivity contribution is 0.232. The first-order valence-electron chi connectivity index (χ1n) is 7.79. The monoisotopic (exact) mass is 277 g/mol. The minimum absolute atomic E-state index is 0.660. The predicted molar refractivity (Wildman–Crippen MR) is 83.0 cm³/mol. The molecule has 0 amide bonds. The molecule has 2 heterocycles. The molecule has 0 spiro atoms. The average molecular weight is 277 g/mol. The molecule has 0 saturated carbocycles. The minimum Gasteiger partial charge on any atom is -0.354 e. The molecule has 1 aromatic heterocycles. The lowest BCUT2D eigenvalue weighted by atomic mass is 10.2. The standard InChI is InChI=1S/C15H27N5/c1-4-16-9-13-10-18-15(11-17-13)20-8-7-14(12-20)19(5-2)6-3/h10-11,14,16H,4-9,12H2,1-3H3. The fourth-order valence-electron chi connectivity index (χ4n) is 2.84. The van der Waals surface area contributed by atoms with Gasteiger partial charge in [-0.3, -0.25) is 9.88 Å². The van der Waals surface area contributed by atoms with Gasteiger partial charge in [-0.05, 0) is 26.1 Å². The van der Waals surface area contributed by atoms with Crippen LogP contribution in [0.4, 0.5) is 5.82 Å². The molecule has 0 radical (unpaired) electrons. The van der Waals surface area contributed by atoms with Crippen molar-refractivity contribution in [2.45, 2.75) is 39.8 Å². The summed E-state index contributed by atoms with van der Waals surface area (Å²) in [5.41, 5.74) is 1.01. The van der Waals surface area contributed by atoms with Gasteiger partial charge in [-0.1, -0.05) is 20.8 Å². The molecule has 1 aliphatic heterocycles. The maximum absolute atomic E-state index is 4.56. The van der Waals surface area contributed by atoms with E-state index >= 15 is 0 Å². The third-order valence-electron chi connectivity index (χ3n) is 4.06. The summed E-state index contributed by atoms with van der Waals surface area (Å²) >= 11 is 0. The topological polar surface area (TPSA) is 44.3 Å². The predicted octanol–water partition coefficient (Wildman–Crippen LogP) is 1.51. The lowest BCUT2D eigenvalue weighted by Gasteiger charge is -2.26. The molecule has 1 aliphatic rings. The van der Waals surface area contributed by atoms with Gasteiger partial charge in [0.15, 0.2) is 0 Å². The number of hydrogen-bond donors (Lipinski definition) is 1. The summed E-state index contributed by atoms with van der Waals surface area (Å²) in [5.74, 6) is 1.01. The van der Waals surface area contributed by atoms with Gasteiger partial charge in [-0.25, -0.2) is 4.98 Å². The smallest absolute Gasteiger partial charge is 0.147 e. The van der Waals surface area contributed by atoms with E-state index in [0.29, 0.717) is 6.04 Å². The van der Waals surface area contributed by atoms with Crippen LogP contribution in [0.3, 0.4) is 0 Å². The Morgan fingerprint density at radius 3 is 2.65 bits per heavy atom. The van der Waals surface area contributed by atoms with Crippen LogP contribution in [0.5, 0.6) is 0 Å². The highest BCUT2D eigenvalue weighted by molar-refractivity contribution is 5.37. The van der Waals surface area contributed by atoms with Gasteiger partial charge in [0.25, 0.3) is 0 Å². The molecule has 20 heavy (non-hydrogen) atoms. The number of hydrogen-bond acceptors (Lipinski definition) is 5. The largest absolute Gasteiger partial charge is 0.354 e. The Balaban J connectivity index is 1.92. The Bertz CT molecular complexity index is 388. The molecule has 1 atom stereocenters. The summed E-state index contributed by atoms with van der Waals surface area (Å²) in [7, 11) is 0. The third kappa shape index (κ3) is 3.67. The third-order valence-corrected chi connectivity index (χ3v) is 4.06. The molecular formula is C15H27N5. The Hall–Kier alpha value is -1.20. The molecule has 5 nitrogen and oxygen atoms in total. The van der Waals surface area contributed by atoms with Gasteiger partial charge in [-0.15, -0.1) is 0 Å². The van der Waals surface area contributed by atoms with Crippen molar-refractivity contribution in [3.05, 3.63) is 18.1 Å². The quantitative estimate of drug-likeness (QED) is 0.818. The van der Waals surface area contributed by atoms with Crippen LogP contribution in [0.15, 0.2) is 12.4 Å². The second-order valence-corrected chi connectivity index (χ2v) is 5.26. The van der Waals surface area contributed by atoms with E-state index in [-0.39, 0.29) is 0 Å². The van der Waals surface area contributed by atoms with E-state index in [1.54, 1.807) is 0 Å². The second-order valence-electron chi connectivity index (χ2n) is 5.26. The molecule has 0 bridgehead atoms. The van der Waals surface area contributed by atoms with Crippen LogP contribution < -0.4 is 10.2 Å². The molecule has 1 unspecified atom stereocenters. The zero-order valence-corrected chi connectivity index (χ0v) is 13.0. The van der Waals surface area contributed by atoms with Gasteiger partial charge in [0, 0.05) is 25.7 Å². The molecule has 1 N–H and O–H groups in total. The van der Waals surface area contributed by atoms with Crippen molar-refractivity contribution < 1.29 is 0 Å². The Labute approximate surface area is 122 Å². The summed E-state index contributed by atoms with van der Waals surface area (Å²) in [5, 5.41) is 3.27. The molecule has 1 aromatic rings. The summed E-state index contributed by atoms with van der Waals surface area (Å²) < 4.78 is 0. The molecular weight excluding hydrogens is 250 g/mol. The number of rotatable bonds is 7. The zero-order chi connectivity index (χ0) is 14.4. The molecule has 2 rings (SSSR count). The number of likely N-dealkylation sites (N-methyl/N-ethyl adjacent to an activating group) is 1. The molecule has 1 saturated heterocycles. The number of anilines is 1. The van der Waals surface area contributed by atoms with Crippen molar-refractivity contribution >= 4 is 5.82 Å². The first-order valence-corrected chi connectivity index (χ1v) is 7.79. The van der Waals surface area contributed by atoms with Gasteiger partial charge < -0.3 is 10.2 Å². The van der Waals surface area contributed by atoms with E-state index < -0.39 is 0 Å². The van der Waals surface area contributed by atoms with Gasteiger partial charge >= 0.3 is 0 Å². The minimum atomic E-state index is 0.660. The molecule has 112 valence electrons. The SMILES string of the molecule is CCNCc1cnc(N2CCC(N(CC)CC)C2)cn1. The number of aromatic nitrogens is 2. The molecule has 1 fully saturated rings. The lowest BCUT2D eigenvalue weighted by Crippen LogP contribution is -2.37. The van der Waals surface area contributed by atoms with Crippen molar-refractivity contribution in [3.63, 3.8) is 0 Å². The Morgan fingerprint density at radius 1 is 1.25 bits per heavy atom. The van der Waals surface area contributed by atoms with Gasteiger partial charge in [0.2, 0.25) is 0 Å². The van der Waals surface area contributed by atoms with Crippen LogP contribution in [0.1, 0.15) is 32.9 Å². The van der Waals surface area contributed by atoms with E-state index in [4.69, 9.17) is 0 Å². The maximum atomic E-state index is 4.56. The van der Waals surface area contributed by atoms with Crippen LogP contribution in [0.2, 0.25) is 0 Å². The van der Waals surface area contributed by atoms with Crippen LogP contribution in [0, 0.1) is 0 Å². The summed E-state index contributed by atoms with van der Waals surface area (Å²) in [6.45, 7) is 12.7. The summed E-state index contributed by atoms with van der Waals surface area (Å²) in [6.07, 6.45) is 5.03. The fourth-order valence-corrected chi connectivity index (χ4v) is 2.84.